The van der Waals surface area contributed by atoms with Crippen molar-refractivity contribution in [1.29, 1.82) is 0 Å². The van der Waals surface area contributed by atoms with Crippen LogP contribution in [0.4, 0.5) is 0 Å². The van der Waals surface area contributed by atoms with Crippen LogP contribution in [0.2, 0.25) is 0 Å². The summed E-state index contributed by atoms with van der Waals surface area (Å²) in [5.74, 6) is -0.362. The van der Waals surface area contributed by atoms with Crippen LogP contribution in [0.15, 0.2) is 65.7 Å². The Morgan fingerprint density at radius 3 is 2.67 bits per heavy atom. The van der Waals surface area contributed by atoms with E-state index in [0.29, 0.717) is 5.69 Å². The molecular formula is C21H19N3O3. The maximum absolute atomic E-state index is 11.8. The zero-order valence-electron chi connectivity index (χ0n) is 15.0. The monoisotopic (exact) mass is 361 g/mol. The van der Waals surface area contributed by atoms with Gasteiger partial charge in [-0.15, -0.1) is 0 Å². The molecule has 0 radical (unpaired) electrons. The van der Waals surface area contributed by atoms with Crippen LogP contribution in [0, 0.1) is 0 Å². The van der Waals surface area contributed by atoms with Gasteiger partial charge < -0.3 is 14.8 Å². The molecular weight excluding hydrogens is 342 g/mol. The maximum Gasteiger partial charge on any atom is 0.223 e. The van der Waals surface area contributed by atoms with E-state index < -0.39 is 11.5 Å². The number of aromatic nitrogens is 3. The Labute approximate surface area is 155 Å². The minimum Gasteiger partial charge on any atom is -0.503 e. The van der Waals surface area contributed by atoms with E-state index in [-0.39, 0.29) is 5.75 Å². The first kappa shape index (κ1) is 17.1. The molecule has 0 spiro atoms. The molecule has 6 heteroatoms. The molecule has 2 heterocycles. The summed E-state index contributed by atoms with van der Waals surface area (Å²) in [4.78, 5) is 11.8. The van der Waals surface area contributed by atoms with Gasteiger partial charge in [-0.25, -0.2) is 0 Å². The fourth-order valence-electron chi connectivity index (χ4n) is 3.34. The predicted octanol–water partition coefficient (Wildman–Crippen LogP) is 3.15. The first-order valence-electron chi connectivity index (χ1n) is 8.61. The summed E-state index contributed by atoms with van der Waals surface area (Å²) in [5, 5.41) is 25.3. The number of pyridine rings is 1. The van der Waals surface area contributed by atoms with Gasteiger partial charge in [-0.1, -0.05) is 24.3 Å². The molecule has 27 heavy (non-hydrogen) atoms. The molecule has 0 fully saturated rings. The Kier molecular flexibility index (Phi) is 4.05. The lowest BCUT2D eigenvalue weighted by molar-refractivity contribution is 0.191. The number of aliphatic hydroxyl groups is 1. The van der Waals surface area contributed by atoms with Crippen LogP contribution in [0.5, 0.6) is 5.75 Å². The smallest absolute Gasteiger partial charge is 0.223 e. The Bertz CT molecular complexity index is 1200. The number of benzene rings is 2. The normalized spacial score (nSPS) is 12.4. The van der Waals surface area contributed by atoms with E-state index in [9.17, 15) is 15.0 Å². The fraction of sp³-hybridized carbons (Fsp3) is 0.143. The number of aromatic hydroxyl groups is 1. The lowest BCUT2D eigenvalue weighted by atomic mass is 10.0. The highest BCUT2D eigenvalue weighted by molar-refractivity contribution is 5.94. The van der Waals surface area contributed by atoms with Gasteiger partial charge in [-0.2, -0.15) is 5.10 Å². The topological polar surface area (TPSA) is 80.3 Å². The van der Waals surface area contributed by atoms with Crippen molar-refractivity contribution in [2.75, 3.05) is 0 Å². The minimum atomic E-state index is -0.858. The molecule has 6 nitrogen and oxygen atoms in total. The van der Waals surface area contributed by atoms with Crippen LogP contribution in [-0.4, -0.2) is 24.6 Å². The van der Waals surface area contributed by atoms with Crippen LogP contribution in [-0.2, 0) is 7.05 Å². The van der Waals surface area contributed by atoms with E-state index in [4.69, 9.17) is 0 Å². The standard InChI is InChI=1S/C21H19N3O3/c1-13(25)19-10-20(26)21(27)12-24(19)15-6-3-5-14(9-15)16-7-4-8-18-17(16)11-22-23(18)2/h3-13,25,27H,1-2H3. The number of aryl methyl sites for hydroxylation is 1. The molecule has 4 aromatic rings. The molecule has 2 aromatic heterocycles. The quantitative estimate of drug-likeness (QED) is 0.587. The molecule has 0 aliphatic rings. The van der Waals surface area contributed by atoms with Gasteiger partial charge in [0.15, 0.2) is 5.75 Å². The summed E-state index contributed by atoms with van der Waals surface area (Å²) < 4.78 is 3.46. The third-order valence-corrected chi connectivity index (χ3v) is 4.72. The van der Waals surface area contributed by atoms with Crippen molar-refractivity contribution in [3.8, 4) is 22.6 Å². The summed E-state index contributed by atoms with van der Waals surface area (Å²) >= 11 is 0. The van der Waals surface area contributed by atoms with Gasteiger partial charge in [-0.05, 0) is 36.2 Å². The van der Waals surface area contributed by atoms with Crippen LogP contribution in [0.3, 0.4) is 0 Å². The summed E-state index contributed by atoms with van der Waals surface area (Å²) in [6, 6.07) is 15.0. The molecule has 2 aromatic carbocycles. The third-order valence-electron chi connectivity index (χ3n) is 4.72. The second-order valence-corrected chi connectivity index (χ2v) is 6.55. The van der Waals surface area contributed by atoms with Crippen LogP contribution in [0.1, 0.15) is 18.7 Å². The highest BCUT2D eigenvalue weighted by Gasteiger charge is 2.13. The van der Waals surface area contributed by atoms with Gasteiger partial charge in [-0.3, -0.25) is 9.48 Å². The molecule has 0 amide bonds. The van der Waals surface area contributed by atoms with E-state index in [0.717, 1.165) is 27.7 Å². The third kappa shape index (κ3) is 2.90. The lowest BCUT2D eigenvalue weighted by Gasteiger charge is -2.17. The first-order chi connectivity index (χ1) is 13.0. The highest BCUT2D eigenvalue weighted by atomic mass is 16.3. The molecule has 4 rings (SSSR count). The minimum absolute atomic E-state index is 0.362. The van der Waals surface area contributed by atoms with Crippen molar-refractivity contribution in [3.63, 3.8) is 0 Å². The SMILES string of the molecule is CC(O)c1cc(=O)c(O)cn1-c1cccc(-c2cccc3c2cnn3C)c1. The number of nitrogens with zero attached hydrogens (tertiary/aromatic N) is 3. The summed E-state index contributed by atoms with van der Waals surface area (Å²) in [7, 11) is 1.90. The van der Waals surface area contributed by atoms with Gasteiger partial charge >= 0.3 is 0 Å². The number of fused-ring (bicyclic) bond motifs is 1. The summed E-state index contributed by atoms with van der Waals surface area (Å²) in [6.45, 7) is 1.59. The molecule has 2 N–H and O–H groups in total. The number of aliphatic hydroxyl groups excluding tert-OH is 1. The van der Waals surface area contributed by atoms with Crippen LogP contribution in [0.25, 0.3) is 27.7 Å². The molecule has 0 bridgehead atoms. The first-order valence-corrected chi connectivity index (χ1v) is 8.61. The van der Waals surface area contributed by atoms with Crippen molar-refractivity contribution in [2.45, 2.75) is 13.0 Å². The molecule has 0 aliphatic carbocycles. The van der Waals surface area contributed by atoms with E-state index in [1.807, 2.05) is 60.4 Å². The van der Waals surface area contributed by atoms with E-state index in [2.05, 4.69) is 5.10 Å². The van der Waals surface area contributed by atoms with Gasteiger partial charge in [0.05, 0.1) is 29.7 Å². The predicted molar refractivity (Wildman–Crippen MR) is 104 cm³/mol. The number of hydrogen-bond donors (Lipinski definition) is 2. The van der Waals surface area contributed by atoms with Gasteiger partial charge in [0.1, 0.15) is 0 Å². The van der Waals surface area contributed by atoms with Gasteiger partial charge in [0, 0.05) is 24.2 Å². The fourth-order valence-corrected chi connectivity index (χ4v) is 3.34. The largest absolute Gasteiger partial charge is 0.503 e. The number of hydrogen-bond acceptors (Lipinski definition) is 4. The summed E-state index contributed by atoms with van der Waals surface area (Å²) in [5.41, 5.74) is 3.67. The van der Waals surface area contributed by atoms with Gasteiger partial charge in [0.25, 0.3) is 0 Å². The lowest BCUT2D eigenvalue weighted by Crippen LogP contribution is -2.13. The Hall–Kier alpha value is -3.38. The average Bonchev–Trinajstić information content (AvgIpc) is 3.05. The van der Waals surface area contributed by atoms with E-state index >= 15 is 0 Å². The Morgan fingerprint density at radius 2 is 1.89 bits per heavy atom. The van der Waals surface area contributed by atoms with Crippen LogP contribution < -0.4 is 5.43 Å². The summed E-state index contributed by atoms with van der Waals surface area (Å²) in [6.07, 6.45) is 2.32. The number of rotatable bonds is 3. The van der Waals surface area contributed by atoms with Crippen molar-refractivity contribution in [2.24, 2.45) is 7.05 Å². The van der Waals surface area contributed by atoms with Crippen molar-refractivity contribution in [1.82, 2.24) is 14.3 Å². The Morgan fingerprint density at radius 1 is 1.11 bits per heavy atom. The second kappa shape index (κ2) is 6.41. The van der Waals surface area contributed by atoms with Crippen molar-refractivity contribution in [3.05, 3.63) is 76.8 Å². The molecule has 1 unspecified atom stereocenters. The molecule has 0 saturated heterocycles. The molecule has 0 saturated carbocycles. The van der Waals surface area contributed by atoms with E-state index in [1.165, 1.54) is 12.3 Å². The average molecular weight is 361 g/mol. The molecule has 136 valence electrons. The highest BCUT2D eigenvalue weighted by Crippen LogP contribution is 2.30. The zero-order chi connectivity index (χ0) is 19.1. The van der Waals surface area contributed by atoms with Crippen molar-refractivity contribution >= 4 is 10.9 Å². The molecule has 1 atom stereocenters. The van der Waals surface area contributed by atoms with E-state index in [1.54, 1.807) is 11.5 Å². The van der Waals surface area contributed by atoms with Crippen LogP contribution >= 0.6 is 0 Å². The van der Waals surface area contributed by atoms with Crippen molar-refractivity contribution < 1.29 is 10.2 Å². The Balaban J connectivity index is 1.92. The maximum atomic E-state index is 11.8. The second-order valence-electron chi connectivity index (χ2n) is 6.55. The molecule has 0 aliphatic heterocycles. The van der Waals surface area contributed by atoms with Gasteiger partial charge in [0.2, 0.25) is 5.43 Å². The zero-order valence-corrected chi connectivity index (χ0v) is 15.0.